The van der Waals surface area contributed by atoms with Gasteiger partial charge in [0.15, 0.2) is 0 Å². The van der Waals surface area contributed by atoms with Gasteiger partial charge in [-0.15, -0.1) is 0 Å². The van der Waals surface area contributed by atoms with Gasteiger partial charge in [0.05, 0.1) is 0 Å². The van der Waals surface area contributed by atoms with Gasteiger partial charge in [0.25, 0.3) is 0 Å². The summed E-state index contributed by atoms with van der Waals surface area (Å²) in [6, 6.07) is 8.22. The van der Waals surface area contributed by atoms with Crippen LogP contribution in [0.25, 0.3) is 0 Å². The van der Waals surface area contributed by atoms with Crippen LogP contribution in [0.1, 0.15) is 52.7 Å². The van der Waals surface area contributed by atoms with E-state index in [4.69, 9.17) is 8.85 Å². The molecular formula is C27H38F6O2Si2. The van der Waals surface area contributed by atoms with E-state index in [1.165, 1.54) is 24.3 Å². The molecule has 10 heteroatoms. The summed E-state index contributed by atoms with van der Waals surface area (Å²) in [6.07, 6.45) is -11.3. The van der Waals surface area contributed by atoms with Crippen molar-refractivity contribution < 1.29 is 35.2 Å². The molecule has 2 aromatic rings. The molecule has 0 aromatic heterocycles. The second-order valence-electron chi connectivity index (χ2n) is 12.5. The van der Waals surface area contributed by atoms with Crippen molar-refractivity contribution in [2.75, 3.05) is 0 Å². The molecule has 0 fully saturated rings. The van der Waals surface area contributed by atoms with Gasteiger partial charge in [-0.25, -0.2) is 0 Å². The van der Waals surface area contributed by atoms with E-state index < -0.39 is 45.5 Å². The minimum atomic E-state index is -5.66. The van der Waals surface area contributed by atoms with Gasteiger partial charge in [0.2, 0.25) is 22.0 Å². The van der Waals surface area contributed by atoms with E-state index in [1.54, 1.807) is 0 Å². The second kappa shape index (κ2) is 9.66. The van der Waals surface area contributed by atoms with E-state index in [-0.39, 0.29) is 21.6 Å². The number of hydrogen-bond acceptors (Lipinski definition) is 2. The Morgan fingerprint density at radius 2 is 0.730 bits per heavy atom. The second-order valence-corrected chi connectivity index (χ2v) is 22.0. The van der Waals surface area contributed by atoms with Crippen molar-refractivity contribution in [2.45, 2.75) is 95.6 Å². The first kappa shape index (κ1) is 31.3. The summed E-state index contributed by atoms with van der Waals surface area (Å²) < 4.78 is 99.3. The van der Waals surface area contributed by atoms with E-state index in [2.05, 4.69) is 0 Å². The zero-order chi connectivity index (χ0) is 28.9. The Hall–Kier alpha value is -1.95. The molecule has 0 saturated carbocycles. The first-order valence-corrected chi connectivity index (χ1v) is 17.9. The Bertz CT molecular complexity index is 972. The fourth-order valence-corrected chi connectivity index (χ4v) is 5.49. The molecule has 0 aliphatic heterocycles. The third-order valence-electron chi connectivity index (χ3n) is 7.78. The largest absolute Gasteiger partial charge is 0.544 e. The van der Waals surface area contributed by atoms with Crippen molar-refractivity contribution in [3.63, 3.8) is 0 Å². The Balaban J connectivity index is 2.62. The molecule has 0 aliphatic carbocycles. The molecule has 0 unspecified atom stereocenters. The summed E-state index contributed by atoms with van der Waals surface area (Å²) in [6.45, 7) is 19.7. The topological polar surface area (TPSA) is 18.5 Å². The minimum Gasteiger partial charge on any atom is -0.544 e. The molecule has 0 amide bonds. The summed E-state index contributed by atoms with van der Waals surface area (Å²) in [5.41, 5.74) is -6.06. The fourth-order valence-electron chi connectivity index (χ4n) is 3.42. The summed E-state index contributed by atoms with van der Waals surface area (Å²) in [5.74, 6) is 0.485. The lowest BCUT2D eigenvalue weighted by Crippen LogP contribution is -2.54. The van der Waals surface area contributed by atoms with Gasteiger partial charge >= 0.3 is 12.4 Å². The molecule has 37 heavy (non-hydrogen) atoms. The Kier molecular flexibility index (Phi) is 8.17. The van der Waals surface area contributed by atoms with Crippen LogP contribution in [0.3, 0.4) is 0 Å². The molecule has 2 nitrogen and oxygen atoms in total. The van der Waals surface area contributed by atoms with Gasteiger partial charge in [0, 0.05) is 0 Å². The highest BCUT2D eigenvalue weighted by molar-refractivity contribution is 6.75. The SMILES string of the molecule is CC(C)(C)[Si](C)(C)Oc1ccc(C(c2ccc(O[Si](C)(C)C(C)(C)C)cc2)(C(F)(F)F)C(F)(F)F)cc1. The van der Waals surface area contributed by atoms with Crippen molar-refractivity contribution in [3.05, 3.63) is 59.7 Å². The van der Waals surface area contributed by atoms with Crippen molar-refractivity contribution in [1.82, 2.24) is 0 Å². The van der Waals surface area contributed by atoms with Crippen LogP contribution in [0, 0.1) is 0 Å². The van der Waals surface area contributed by atoms with E-state index in [1.807, 2.05) is 67.7 Å². The smallest absolute Gasteiger partial charge is 0.411 e. The highest BCUT2D eigenvalue weighted by Crippen LogP contribution is 2.56. The molecule has 0 spiro atoms. The highest BCUT2D eigenvalue weighted by Gasteiger charge is 2.72. The predicted molar refractivity (Wildman–Crippen MR) is 141 cm³/mol. The standard InChI is InChI=1S/C27H38F6O2Si2/c1-23(2,3)36(7,8)34-21-15-11-19(12-16-21)25(26(28,29)30,27(31,32)33)20-13-17-22(18-14-20)35-37(9,10)24(4,5)6/h11-18H,1-10H3. The molecule has 0 radical (unpaired) electrons. The van der Waals surface area contributed by atoms with Crippen LogP contribution in [-0.2, 0) is 5.41 Å². The maximum absolute atomic E-state index is 14.5. The molecule has 0 saturated heterocycles. The monoisotopic (exact) mass is 564 g/mol. The van der Waals surface area contributed by atoms with Crippen LogP contribution >= 0.6 is 0 Å². The third-order valence-corrected chi connectivity index (χ3v) is 16.5. The molecule has 208 valence electrons. The van der Waals surface area contributed by atoms with Crippen molar-refractivity contribution in [2.24, 2.45) is 0 Å². The van der Waals surface area contributed by atoms with Gasteiger partial charge in [-0.2, -0.15) is 26.3 Å². The average Bonchev–Trinajstić information content (AvgIpc) is 2.66. The van der Waals surface area contributed by atoms with Crippen LogP contribution in [0.4, 0.5) is 26.3 Å². The molecule has 0 heterocycles. The van der Waals surface area contributed by atoms with E-state index in [0.29, 0.717) is 0 Å². The van der Waals surface area contributed by atoms with Crippen molar-refractivity contribution in [1.29, 1.82) is 0 Å². The number of halogens is 6. The van der Waals surface area contributed by atoms with Gasteiger partial charge in [-0.1, -0.05) is 65.8 Å². The maximum atomic E-state index is 14.5. The molecule has 0 bridgehead atoms. The van der Waals surface area contributed by atoms with Crippen LogP contribution in [0.5, 0.6) is 11.5 Å². The van der Waals surface area contributed by atoms with Crippen molar-refractivity contribution in [3.8, 4) is 11.5 Å². The van der Waals surface area contributed by atoms with Gasteiger partial charge < -0.3 is 8.85 Å². The number of alkyl halides is 6. The Labute approximate surface area is 218 Å². The summed E-state index contributed by atoms with van der Waals surface area (Å²) >= 11 is 0. The average molecular weight is 565 g/mol. The van der Waals surface area contributed by atoms with Crippen molar-refractivity contribution >= 4 is 16.6 Å². The molecule has 2 aromatic carbocycles. The van der Waals surface area contributed by atoms with Gasteiger partial charge in [0.1, 0.15) is 11.5 Å². The Morgan fingerprint density at radius 1 is 0.486 bits per heavy atom. The molecule has 0 N–H and O–H groups in total. The minimum absolute atomic E-state index is 0.193. The number of benzene rings is 2. The highest BCUT2D eigenvalue weighted by atomic mass is 28.4. The quantitative estimate of drug-likeness (QED) is 0.257. The zero-order valence-corrected chi connectivity index (χ0v) is 25.2. The van der Waals surface area contributed by atoms with Crippen LogP contribution in [-0.4, -0.2) is 29.0 Å². The van der Waals surface area contributed by atoms with E-state index in [0.717, 1.165) is 24.3 Å². The van der Waals surface area contributed by atoms with Crippen LogP contribution in [0.2, 0.25) is 36.3 Å². The molecule has 2 rings (SSSR count). The van der Waals surface area contributed by atoms with E-state index >= 15 is 0 Å². The molecular weight excluding hydrogens is 526 g/mol. The predicted octanol–water partition coefficient (Wildman–Crippen LogP) is 9.87. The fraction of sp³-hybridized carbons (Fsp3) is 0.556. The lowest BCUT2D eigenvalue weighted by atomic mass is 9.73. The first-order valence-electron chi connectivity index (χ1n) is 12.1. The van der Waals surface area contributed by atoms with Gasteiger partial charge in [-0.3, -0.25) is 0 Å². The third kappa shape index (κ3) is 6.05. The van der Waals surface area contributed by atoms with Crippen LogP contribution < -0.4 is 8.85 Å². The Morgan fingerprint density at radius 3 is 0.919 bits per heavy atom. The summed E-state index contributed by atoms with van der Waals surface area (Å²) in [7, 11) is -4.68. The lowest BCUT2D eigenvalue weighted by molar-refractivity contribution is -0.288. The zero-order valence-electron chi connectivity index (χ0n) is 23.2. The molecule has 0 atom stereocenters. The summed E-state index contributed by atoms with van der Waals surface area (Å²) in [4.78, 5) is 0. The first-order chi connectivity index (χ1) is 16.4. The summed E-state index contributed by atoms with van der Waals surface area (Å²) in [5, 5.41) is -0.386. The number of hydrogen-bond donors (Lipinski definition) is 0. The number of rotatable bonds is 6. The van der Waals surface area contributed by atoms with E-state index in [9.17, 15) is 26.3 Å². The maximum Gasteiger partial charge on any atom is 0.411 e. The molecule has 0 aliphatic rings. The lowest BCUT2D eigenvalue weighted by Gasteiger charge is -2.39. The normalized spacial score (nSPS) is 14.5. The van der Waals surface area contributed by atoms with Gasteiger partial charge in [-0.05, 0) is 71.7 Å². The van der Waals surface area contributed by atoms with Crippen LogP contribution in [0.15, 0.2) is 48.5 Å².